The Hall–Kier alpha value is -2.08. The highest BCUT2D eigenvalue weighted by Crippen LogP contribution is 2.33. The molecule has 2 saturated heterocycles. The smallest absolute Gasteiger partial charge is 0.315 e. The van der Waals surface area contributed by atoms with Crippen molar-refractivity contribution in [3.05, 3.63) is 10.4 Å². The van der Waals surface area contributed by atoms with Gasteiger partial charge in [0.2, 0.25) is 17.7 Å². The van der Waals surface area contributed by atoms with E-state index in [1.54, 1.807) is 21.6 Å². The summed E-state index contributed by atoms with van der Waals surface area (Å²) in [7, 11) is 3.20. The number of hydrogen-bond donors (Lipinski definition) is 5. The average Bonchev–Trinajstić information content (AvgIpc) is 3.58. The molecular formula is C27H48N8O7S3. The fourth-order valence-electron chi connectivity index (χ4n) is 4.42. The minimum Gasteiger partial charge on any atom is -0.379 e. The van der Waals surface area contributed by atoms with Gasteiger partial charge < -0.3 is 40.8 Å². The van der Waals surface area contributed by atoms with Crippen molar-refractivity contribution < 1.29 is 33.4 Å². The Balaban J connectivity index is 1.24. The number of rotatable bonds is 28. The van der Waals surface area contributed by atoms with Crippen LogP contribution in [-0.2, 0) is 28.6 Å². The zero-order chi connectivity index (χ0) is 32.4. The molecular weight excluding hydrogens is 645 g/mol. The summed E-state index contributed by atoms with van der Waals surface area (Å²) in [4.78, 5) is 49.6. The van der Waals surface area contributed by atoms with Gasteiger partial charge in [0, 0.05) is 72.9 Å². The molecule has 0 aliphatic carbocycles. The van der Waals surface area contributed by atoms with Gasteiger partial charge in [0.15, 0.2) is 0 Å². The van der Waals surface area contributed by atoms with Crippen LogP contribution in [0.2, 0.25) is 0 Å². The third-order valence-electron chi connectivity index (χ3n) is 6.69. The largest absolute Gasteiger partial charge is 0.379 e. The Morgan fingerprint density at radius 2 is 1.49 bits per heavy atom. The number of carbonyl (C=O) groups is 4. The Morgan fingerprint density at radius 3 is 2.29 bits per heavy atom. The fourth-order valence-corrected chi connectivity index (χ4v) is 7.86. The molecule has 15 nitrogen and oxygen atoms in total. The van der Waals surface area contributed by atoms with Gasteiger partial charge in [-0.05, 0) is 24.8 Å². The van der Waals surface area contributed by atoms with E-state index in [9.17, 15) is 19.2 Å². The summed E-state index contributed by atoms with van der Waals surface area (Å²) in [5, 5.41) is 18.3. The Morgan fingerprint density at radius 1 is 0.822 bits per heavy atom. The molecule has 0 aromatic rings. The molecule has 0 aromatic heterocycles. The molecule has 18 heteroatoms. The van der Waals surface area contributed by atoms with Crippen molar-refractivity contribution in [2.24, 2.45) is 5.11 Å². The second-order valence-corrected chi connectivity index (χ2v) is 14.2. The van der Waals surface area contributed by atoms with Gasteiger partial charge in [-0.1, -0.05) is 33.1 Å². The summed E-state index contributed by atoms with van der Waals surface area (Å²) < 4.78 is 16.4. The number of fused-ring (bicyclic) bond motifs is 1. The number of ether oxygens (including phenoxy) is 3. The summed E-state index contributed by atoms with van der Waals surface area (Å²) in [6.07, 6.45) is 4.62. The van der Waals surface area contributed by atoms with E-state index in [0.717, 1.165) is 30.8 Å². The van der Waals surface area contributed by atoms with E-state index in [0.29, 0.717) is 96.1 Å². The van der Waals surface area contributed by atoms with Crippen LogP contribution in [0.1, 0.15) is 44.9 Å². The Labute approximate surface area is 277 Å². The third kappa shape index (κ3) is 19.9. The van der Waals surface area contributed by atoms with Crippen molar-refractivity contribution in [1.82, 2.24) is 26.6 Å². The van der Waals surface area contributed by atoms with Crippen LogP contribution in [0.25, 0.3) is 10.4 Å². The van der Waals surface area contributed by atoms with E-state index in [-0.39, 0.29) is 42.3 Å². The van der Waals surface area contributed by atoms with E-state index in [1.165, 1.54) is 0 Å². The molecule has 0 spiro atoms. The van der Waals surface area contributed by atoms with Crippen LogP contribution in [0.15, 0.2) is 5.11 Å². The predicted octanol–water partition coefficient (Wildman–Crippen LogP) is 1.97. The first-order valence-corrected chi connectivity index (χ1v) is 19.0. The van der Waals surface area contributed by atoms with Gasteiger partial charge >= 0.3 is 6.03 Å². The molecule has 0 bridgehead atoms. The molecule has 3 unspecified atom stereocenters. The number of hydrogen-bond acceptors (Lipinski definition) is 11. The van der Waals surface area contributed by atoms with Crippen LogP contribution in [0.4, 0.5) is 4.79 Å². The van der Waals surface area contributed by atoms with Crippen molar-refractivity contribution in [2.45, 2.75) is 62.3 Å². The molecule has 2 fully saturated rings. The van der Waals surface area contributed by atoms with E-state index < -0.39 is 0 Å². The lowest BCUT2D eigenvalue weighted by Gasteiger charge is -2.16. The van der Waals surface area contributed by atoms with Crippen LogP contribution >= 0.6 is 33.3 Å². The highest BCUT2D eigenvalue weighted by atomic mass is 33.1. The lowest BCUT2D eigenvalue weighted by molar-refractivity contribution is -0.122. The summed E-state index contributed by atoms with van der Waals surface area (Å²) in [5.74, 6) is 2.32. The van der Waals surface area contributed by atoms with Crippen LogP contribution < -0.4 is 26.6 Å². The minimum atomic E-state index is -0.0685. The van der Waals surface area contributed by atoms with Gasteiger partial charge in [0.1, 0.15) is 0 Å². The van der Waals surface area contributed by atoms with E-state index in [2.05, 4.69) is 36.6 Å². The first-order chi connectivity index (χ1) is 22.0. The van der Waals surface area contributed by atoms with Crippen molar-refractivity contribution >= 4 is 57.1 Å². The van der Waals surface area contributed by atoms with Crippen molar-refractivity contribution in [3.8, 4) is 0 Å². The van der Waals surface area contributed by atoms with Gasteiger partial charge in [0.05, 0.1) is 51.7 Å². The number of thioether (sulfide) groups is 1. The highest BCUT2D eigenvalue weighted by Gasteiger charge is 2.42. The zero-order valence-corrected chi connectivity index (χ0v) is 28.2. The maximum atomic E-state index is 12.0. The normalized spacial score (nSPS) is 18.4. The summed E-state index contributed by atoms with van der Waals surface area (Å²) in [5.41, 5.74) is 8.19. The molecule has 2 aliphatic rings. The minimum absolute atomic E-state index is 0.0232. The van der Waals surface area contributed by atoms with Gasteiger partial charge in [-0.3, -0.25) is 14.4 Å². The van der Waals surface area contributed by atoms with Gasteiger partial charge in [0.25, 0.3) is 0 Å². The second kappa shape index (κ2) is 26.0. The maximum Gasteiger partial charge on any atom is 0.315 e. The molecule has 45 heavy (non-hydrogen) atoms. The first kappa shape index (κ1) is 39.1. The highest BCUT2D eigenvalue weighted by molar-refractivity contribution is 8.76. The predicted molar refractivity (Wildman–Crippen MR) is 178 cm³/mol. The number of urea groups is 1. The molecule has 2 aliphatic heterocycles. The SMILES string of the molecule is [N-]=[N+]=NCCCNC(=O)CCSSCCNC(=O)CCOCCOCCOCCNC(=O)CCCCC1SCC2NC(=O)NC21. The van der Waals surface area contributed by atoms with Crippen molar-refractivity contribution in [3.63, 3.8) is 0 Å². The van der Waals surface area contributed by atoms with Crippen LogP contribution in [0.5, 0.6) is 0 Å². The molecule has 2 rings (SSSR count). The topological polar surface area (TPSA) is 205 Å². The number of nitrogens with zero attached hydrogens (tertiary/aromatic N) is 3. The van der Waals surface area contributed by atoms with Gasteiger partial charge in [-0.25, -0.2) is 4.79 Å². The summed E-state index contributed by atoms with van der Waals surface area (Å²) in [6.45, 7) is 4.29. The lowest BCUT2D eigenvalue weighted by Crippen LogP contribution is -2.36. The Bertz CT molecular complexity index is 933. The quantitative estimate of drug-likeness (QED) is 0.0201. The fraction of sp³-hybridized carbons (Fsp3) is 0.852. The van der Waals surface area contributed by atoms with Crippen molar-refractivity contribution in [2.75, 3.05) is 83.1 Å². The second-order valence-electron chi connectivity index (χ2n) is 10.2. The monoisotopic (exact) mass is 692 g/mol. The number of nitrogens with one attached hydrogen (secondary N) is 5. The molecule has 5 amide bonds. The number of amides is 5. The van der Waals surface area contributed by atoms with Crippen LogP contribution in [0, 0.1) is 0 Å². The summed E-state index contributed by atoms with van der Waals surface area (Å²) >= 11 is 1.89. The van der Waals surface area contributed by atoms with Crippen LogP contribution in [0.3, 0.4) is 0 Å². The molecule has 0 aromatic carbocycles. The Kier molecular flexibility index (Phi) is 22.6. The van der Waals surface area contributed by atoms with Gasteiger partial charge in [-0.15, -0.1) is 0 Å². The van der Waals surface area contributed by atoms with E-state index in [4.69, 9.17) is 19.7 Å². The lowest BCUT2D eigenvalue weighted by atomic mass is 10.0. The molecule has 5 N–H and O–H groups in total. The number of unbranched alkanes of at least 4 members (excludes halogenated alkanes) is 1. The van der Waals surface area contributed by atoms with E-state index in [1.807, 2.05) is 11.8 Å². The number of carbonyl (C=O) groups excluding carboxylic acids is 4. The molecule has 2 heterocycles. The molecule has 256 valence electrons. The maximum absolute atomic E-state index is 12.0. The summed E-state index contributed by atoms with van der Waals surface area (Å²) in [6, 6.07) is 0.383. The zero-order valence-electron chi connectivity index (χ0n) is 25.8. The number of azide groups is 1. The van der Waals surface area contributed by atoms with E-state index >= 15 is 0 Å². The van der Waals surface area contributed by atoms with Crippen LogP contribution in [-0.4, -0.2) is 124 Å². The van der Waals surface area contributed by atoms with Gasteiger partial charge in [-0.2, -0.15) is 11.8 Å². The standard InChI is InChI=1S/C27H48N8O7S3/c28-35-32-9-3-8-29-25(38)7-18-44-45-19-11-31-24(37)6-12-40-14-16-42-17-15-41-13-10-30-23(36)5-2-1-4-22-26-21(20-43-22)33-27(39)34-26/h21-22,26H,1-20H2,(H,29,38)(H,30,36)(H,31,37)(H2,33,34,39). The molecule has 3 atom stereocenters. The first-order valence-electron chi connectivity index (χ1n) is 15.5. The van der Waals surface area contributed by atoms with Crippen molar-refractivity contribution in [1.29, 1.82) is 0 Å². The average molecular weight is 693 g/mol. The molecule has 0 radical (unpaired) electrons. The third-order valence-corrected chi connectivity index (χ3v) is 10.6. The molecule has 0 saturated carbocycles.